The van der Waals surface area contributed by atoms with Crippen molar-refractivity contribution in [1.82, 2.24) is 5.32 Å². The molecule has 1 amide bonds. The first-order valence-electron chi connectivity index (χ1n) is 8.19. The molecule has 0 spiro atoms. The lowest BCUT2D eigenvalue weighted by atomic mass is 10.2. The molecule has 0 radical (unpaired) electrons. The SMILES string of the molecule is N#C/C(=C\c1ccc(Sc2ccc(Cl)cc2)o1)C(=O)NC[C@H]1CCCO1. The van der Waals surface area contributed by atoms with Gasteiger partial charge in [-0.1, -0.05) is 23.4 Å². The minimum absolute atomic E-state index is 0.000361. The molecule has 0 unspecified atom stereocenters. The Hall–Kier alpha value is -2.20. The van der Waals surface area contributed by atoms with Gasteiger partial charge in [-0.3, -0.25) is 4.79 Å². The maximum absolute atomic E-state index is 12.1. The fraction of sp³-hybridized carbons (Fsp3) is 0.263. The van der Waals surface area contributed by atoms with Crippen molar-refractivity contribution in [2.24, 2.45) is 0 Å². The number of nitriles is 1. The number of rotatable bonds is 6. The van der Waals surface area contributed by atoms with Crippen LogP contribution < -0.4 is 5.32 Å². The number of ether oxygens (including phenoxy) is 1. The molecular formula is C19H17ClN2O3S. The van der Waals surface area contributed by atoms with Crippen LogP contribution in [0.2, 0.25) is 5.02 Å². The molecule has 3 rings (SSSR count). The molecule has 1 aromatic heterocycles. The average Bonchev–Trinajstić information content (AvgIpc) is 3.31. The van der Waals surface area contributed by atoms with Crippen molar-refractivity contribution in [3.05, 3.63) is 52.8 Å². The number of carbonyl (C=O) groups is 1. The van der Waals surface area contributed by atoms with Gasteiger partial charge in [-0.15, -0.1) is 0 Å². The largest absolute Gasteiger partial charge is 0.450 e. The van der Waals surface area contributed by atoms with E-state index in [0.29, 0.717) is 22.4 Å². The van der Waals surface area contributed by atoms with Gasteiger partial charge in [0.15, 0.2) is 5.09 Å². The quantitative estimate of drug-likeness (QED) is 0.590. The van der Waals surface area contributed by atoms with Crippen LogP contribution in [0, 0.1) is 11.3 Å². The Morgan fingerprint density at radius 2 is 2.15 bits per heavy atom. The van der Waals surface area contributed by atoms with Crippen molar-refractivity contribution in [1.29, 1.82) is 5.26 Å². The Labute approximate surface area is 161 Å². The third-order valence-electron chi connectivity index (χ3n) is 3.80. The number of halogens is 1. The van der Waals surface area contributed by atoms with Gasteiger partial charge in [-0.25, -0.2) is 0 Å². The molecule has 26 heavy (non-hydrogen) atoms. The normalized spacial score (nSPS) is 17.1. The van der Waals surface area contributed by atoms with Crippen molar-refractivity contribution >= 4 is 35.3 Å². The average molecular weight is 389 g/mol. The Morgan fingerprint density at radius 1 is 1.35 bits per heavy atom. The molecule has 1 atom stereocenters. The third kappa shape index (κ3) is 5.15. The molecule has 2 heterocycles. The molecule has 5 nitrogen and oxygen atoms in total. The minimum Gasteiger partial charge on any atom is -0.450 e. The molecule has 2 aromatic rings. The van der Waals surface area contributed by atoms with Crippen LogP contribution in [0.25, 0.3) is 6.08 Å². The number of benzene rings is 1. The lowest BCUT2D eigenvalue weighted by Crippen LogP contribution is -2.32. The smallest absolute Gasteiger partial charge is 0.262 e. The highest BCUT2D eigenvalue weighted by Crippen LogP contribution is 2.30. The molecule has 1 saturated heterocycles. The molecule has 1 fully saturated rings. The lowest BCUT2D eigenvalue weighted by molar-refractivity contribution is -0.117. The Balaban J connectivity index is 1.61. The molecular weight excluding hydrogens is 372 g/mol. The topological polar surface area (TPSA) is 75.3 Å². The van der Waals surface area contributed by atoms with Crippen LogP contribution in [-0.2, 0) is 9.53 Å². The zero-order valence-electron chi connectivity index (χ0n) is 13.9. The van der Waals surface area contributed by atoms with Crippen LogP contribution >= 0.6 is 23.4 Å². The summed E-state index contributed by atoms with van der Waals surface area (Å²) in [5, 5.41) is 13.3. The maximum atomic E-state index is 12.1. The lowest BCUT2D eigenvalue weighted by Gasteiger charge is -2.09. The third-order valence-corrected chi connectivity index (χ3v) is 4.98. The van der Waals surface area contributed by atoms with E-state index in [1.807, 2.05) is 18.2 Å². The van der Waals surface area contributed by atoms with Crippen molar-refractivity contribution in [2.75, 3.05) is 13.2 Å². The van der Waals surface area contributed by atoms with Crippen LogP contribution in [0.5, 0.6) is 0 Å². The van der Waals surface area contributed by atoms with Gasteiger partial charge in [0.25, 0.3) is 5.91 Å². The molecule has 1 aliphatic rings. The van der Waals surface area contributed by atoms with Crippen molar-refractivity contribution in [2.45, 2.75) is 28.9 Å². The summed E-state index contributed by atoms with van der Waals surface area (Å²) in [6.45, 7) is 1.13. The maximum Gasteiger partial charge on any atom is 0.262 e. The molecule has 0 bridgehead atoms. The van der Waals surface area contributed by atoms with Gasteiger partial charge in [0, 0.05) is 29.1 Å². The summed E-state index contributed by atoms with van der Waals surface area (Å²) in [7, 11) is 0. The summed E-state index contributed by atoms with van der Waals surface area (Å²) in [4.78, 5) is 13.1. The second-order valence-corrected chi connectivity index (χ2v) is 7.24. The van der Waals surface area contributed by atoms with Crippen LogP contribution in [0.3, 0.4) is 0 Å². The molecule has 1 aromatic carbocycles. The first-order valence-corrected chi connectivity index (χ1v) is 9.38. The summed E-state index contributed by atoms with van der Waals surface area (Å²) in [5.41, 5.74) is 0.000361. The van der Waals surface area contributed by atoms with Gasteiger partial charge in [-0.2, -0.15) is 5.26 Å². The van der Waals surface area contributed by atoms with Gasteiger partial charge in [0.2, 0.25) is 0 Å². The van der Waals surface area contributed by atoms with E-state index < -0.39 is 5.91 Å². The number of hydrogen-bond donors (Lipinski definition) is 1. The summed E-state index contributed by atoms with van der Waals surface area (Å²) in [5.74, 6) is 0.0246. The van der Waals surface area contributed by atoms with E-state index in [0.717, 1.165) is 24.3 Å². The fourth-order valence-electron chi connectivity index (χ4n) is 2.48. The molecule has 1 N–H and O–H groups in total. The van der Waals surface area contributed by atoms with Crippen LogP contribution in [0.1, 0.15) is 18.6 Å². The first-order chi connectivity index (χ1) is 12.6. The standard InChI is InChI=1S/C19H17ClN2O3S/c20-14-3-6-17(7-4-14)26-18-8-5-15(25-18)10-13(11-21)19(23)22-12-16-2-1-9-24-16/h3-8,10,16H,1-2,9,12H2,(H,22,23)/b13-10+/t16-/m1/s1. The molecule has 0 saturated carbocycles. The van der Waals surface area contributed by atoms with Gasteiger partial charge in [0.1, 0.15) is 17.4 Å². The second kappa shape index (κ2) is 8.95. The number of amides is 1. The van der Waals surface area contributed by atoms with Gasteiger partial charge < -0.3 is 14.5 Å². The van der Waals surface area contributed by atoms with E-state index in [9.17, 15) is 10.1 Å². The van der Waals surface area contributed by atoms with Crippen LogP contribution in [-0.4, -0.2) is 25.2 Å². The highest BCUT2D eigenvalue weighted by atomic mass is 35.5. The van der Waals surface area contributed by atoms with Crippen LogP contribution in [0.15, 0.2) is 56.4 Å². The summed E-state index contributed by atoms with van der Waals surface area (Å²) in [6, 6.07) is 12.8. The van der Waals surface area contributed by atoms with E-state index in [1.54, 1.807) is 24.3 Å². The monoisotopic (exact) mass is 388 g/mol. The summed E-state index contributed by atoms with van der Waals surface area (Å²) >= 11 is 7.30. The van der Waals surface area contributed by atoms with Crippen LogP contribution in [0.4, 0.5) is 0 Å². The highest BCUT2D eigenvalue weighted by molar-refractivity contribution is 7.99. The van der Waals surface area contributed by atoms with E-state index in [4.69, 9.17) is 20.8 Å². The Morgan fingerprint density at radius 3 is 2.85 bits per heavy atom. The van der Waals surface area contributed by atoms with Crippen molar-refractivity contribution in [3.63, 3.8) is 0 Å². The van der Waals surface area contributed by atoms with E-state index in [1.165, 1.54) is 17.8 Å². The van der Waals surface area contributed by atoms with Gasteiger partial charge in [-0.05, 0) is 49.2 Å². The molecule has 1 aliphatic heterocycles. The first kappa shape index (κ1) is 18.6. The number of furan rings is 1. The second-order valence-electron chi connectivity index (χ2n) is 5.73. The van der Waals surface area contributed by atoms with Crippen molar-refractivity contribution in [3.8, 4) is 6.07 Å². The zero-order chi connectivity index (χ0) is 18.4. The van der Waals surface area contributed by atoms with E-state index in [-0.39, 0.29) is 11.7 Å². The van der Waals surface area contributed by atoms with Crippen molar-refractivity contribution < 1.29 is 13.9 Å². The summed E-state index contributed by atoms with van der Waals surface area (Å²) in [6.07, 6.45) is 3.40. The number of hydrogen-bond acceptors (Lipinski definition) is 5. The summed E-state index contributed by atoms with van der Waals surface area (Å²) < 4.78 is 11.1. The zero-order valence-corrected chi connectivity index (χ0v) is 15.5. The number of carbonyl (C=O) groups excluding carboxylic acids is 1. The Bertz CT molecular complexity index is 833. The van der Waals surface area contributed by atoms with E-state index >= 15 is 0 Å². The van der Waals surface area contributed by atoms with Gasteiger partial charge in [0.05, 0.1) is 6.10 Å². The van der Waals surface area contributed by atoms with Gasteiger partial charge >= 0.3 is 0 Å². The van der Waals surface area contributed by atoms with E-state index in [2.05, 4.69) is 5.32 Å². The fourth-order valence-corrected chi connectivity index (χ4v) is 3.39. The number of nitrogens with zero attached hydrogens (tertiary/aromatic N) is 1. The minimum atomic E-state index is -0.425. The number of nitrogens with one attached hydrogen (secondary N) is 1. The predicted octanol–water partition coefficient (Wildman–Crippen LogP) is 4.29. The molecule has 134 valence electrons. The predicted molar refractivity (Wildman–Crippen MR) is 99.9 cm³/mol. The molecule has 0 aliphatic carbocycles. The Kier molecular flexibility index (Phi) is 6.40. The molecule has 7 heteroatoms. The highest BCUT2D eigenvalue weighted by Gasteiger charge is 2.18.